The first-order valence-corrected chi connectivity index (χ1v) is 7.49. The SMILES string of the molecule is CN/N=C(\N)c1cc(C)nc(C(=O)NCc2cccc(CO)c2)c1. The van der Waals surface area contributed by atoms with E-state index in [1.165, 1.54) is 0 Å². The van der Waals surface area contributed by atoms with Crippen LogP contribution in [0, 0.1) is 6.92 Å². The zero-order valence-electron chi connectivity index (χ0n) is 13.7. The molecule has 0 aliphatic heterocycles. The molecule has 0 spiro atoms. The second-order valence-electron chi connectivity index (χ2n) is 5.26. The fourth-order valence-corrected chi connectivity index (χ4v) is 2.23. The summed E-state index contributed by atoms with van der Waals surface area (Å²) in [5.74, 6) is -0.0145. The number of amides is 1. The Morgan fingerprint density at radius 3 is 2.75 bits per heavy atom. The van der Waals surface area contributed by atoms with Crippen molar-refractivity contribution in [3.05, 3.63) is 64.5 Å². The fraction of sp³-hybridized carbons (Fsp3) is 0.235. The zero-order valence-corrected chi connectivity index (χ0v) is 13.7. The van der Waals surface area contributed by atoms with Gasteiger partial charge in [-0.1, -0.05) is 24.3 Å². The third kappa shape index (κ3) is 4.53. The molecule has 1 amide bonds. The third-order valence-corrected chi connectivity index (χ3v) is 3.34. The number of benzene rings is 1. The number of carbonyl (C=O) groups excluding carboxylic acids is 1. The normalized spacial score (nSPS) is 11.2. The van der Waals surface area contributed by atoms with Gasteiger partial charge in [0.05, 0.1) is 6.61 Å². The van der Waals surface area contributed by atoms with Crippen LogP contribution in [0.25, 0.3) is 0 Å². The Labute approximate surface area is 140 Å². The number of hydrazone groups is 1. The van der Waals surface area contributed by atoms with Crippen molar-refractivity contribution in [2.75, 3.05) is 7.05 Å². The van der Waals surface area contributed by atoms with Gasteiger partial charge in [-0.3, -0.25) is 4.79 Å². The second kappa shape index (κ2) is 8.07. The molecular formula is C17H21N5O2. The molecule has 7 heteroatoms. The summed E-state index contributed by atoms with van der Waals surface area (Å²) in [6, 6.07) is 10.7. The first kappa shape index (κ1) is 17.4. The lowest BCUT2D eigenvalue weighted by molar-refractivity contribution is 0.0945. The average Bonchev–Trinajstić information content (AvgIpc) is 2.59. The monoisotopic (exact) mass is 327 g/mol. The van der Waals surface area contributed by atoms with Crippen LogP contribution in [0.1, 0.15) is 32.9 Å². The summed E-state index contributed by atoms with van der Waals surface area (Å²) in [7, 11) is 1.65. The number of aryl methyl sites for hydroxylation is 1. The molecule has 1 aromatic heterocycles. The molecule has 0 aliphatic rings. The van der Waals surface area contributed by atoms with Gasteiger partial charge >= 0.3 is 0 Å². The summed E-state index contributed by atoms with van der Waals surface area (Å²) in [6.07, 6.45) is 0. The van der Waals surface area contributed by atoms with Gasteiger partial charge in [-0.25, -0.2) is 4.98 Å². The van der Waals surface area contributed by atoms with Crippen LogP contribution in [0.4, 0.5) is 0 Å². The highest BCUT2D eigenvalue weighted by Crippen LogP contribution is 2.08. The standard InChI is InChI=1S/C17H21N5O2/c1-11-6-14(16(18)22-19-2)8-15(21-11)17(24)20-9-12-4-3-5-13(7-12)10-23/h3-8,19,23H,9-10H2,1-2H3,(H2,18,22)(H,20,24). The van der Waals surface area contributed by atoms with Gasteiger partial charge < -0.3 is 21.6 Å². The summed E-state index contributed by atoms with van der Waals surface area (Å²) in [4.78, 5) is 16.6. The molecule has 1 heterocycles. The Balaban J connectivity index is 2.13. The highest BCUT2D eigenvalue weighted by atomic mass is 16.3. The number of amidine groups is 1. The predicted octanol–water partition coefficient (Wildman–Crippen LogP) is 0.652. The predicted molar refractivity (Wildman–Crippen MR) is 92.3 cm³/mol. The van der Waals surface area contributed by atoms with Crippen LogP contribution < -0.4 is 16.5 Å². The molecule has 0 atom stereocenters. The minimum Gasteiger partial charge on any atom is -0.392 e. The summed E-state index contributed by atoms with van der Waals surface area (Å²) in [5, 5.41) is 15.9. The summed E-state index contributed by atoms with van der Waals surface area (Å²) in [6.45, 7) is 2.10. The van der Waals surface area contributed by atoms with Crippen molar-refractivity contribution >= 4 is 11.7 Å². The smallest absolute Gasteiger partial charge is 0.270 e. The molecule has 5 N–H and O–H groups in total. The van der Waals surface area contributed by atoms with Crippen LogP contribution in [0.2, 0.25) is 0 Å². The number of carbonyl (C=O) groups is 1. The third-order valence-electron chi connectivity index (χ3n) is 3.34. The number of pyridine rings is 1. The van der Waals surface area contributed by atoms with E-state index in [1.54, 1.807) is 26.1 Å². The Hall–Kier alpha value is -2.93. The van der Waals surface area contributed by atoms with E-state index in [2.05, 4.69) is 20.8 Å². The molecule has 0 saturated carbocycles. The second-order valence-corrected chi connectivity index (χ2v) is 5.26. The van der Waals surface area contributed by atoms with Gasteiger partial charge in [-0.2, -0.15) is 5.10 Å². The first-order valence-electron chi connectivity index (χ1n) is 7.49. The number of nitrogens with zero attached hydrogens (tertiary/aromatic N) is 2. The van der Waals surface area contributed by atoms with E-state index in [0.29, 0.717) is 17.8 Å². The first-order chi connectivity index (χ1) is 11.5. The van der Waals surface area contributed by atoms with E-state index in [1.807, 2.05) is 24.3 Å². The van der Waals surface area contributed by atoms with E-state index < -0.39 is 0 Å². The lowest BCUT2D eigenvalue weighted by Crippen LogP contribution is -2.25. The molecular weight excluding hydrogens is 306 g/mol. The van der Waals surface area contributed by atoms with E-state index in [0.717, 1.165) is 11.1 Å². The van der Waals surface area contributed by atoms with Gasteiger partial charge in [0.1, 0.15) is 5.69 Å². The summed E-state index contributed by atoms with van der Waals surface area (Å²) in [5.41, 5.74) is 11.7. The summed E-state index contributed by atoms with van der Waals surface area (Å²) < 4.78 is 0. The maximum Gasteiger partial charge on any atom is 0.270 e. The highest BCUT2D eigenvalue weighted by Gasteiger charge is 2.11. The topological polar surface area (TPSA) is 113 Å². The van der Waals surface area contributed by atoms with Crippen molar-refractivity contribution in [2.45, 2.75) is 20.1 Å². The van der Waals surface area contributed by atoms with Crippen LogP contribution in [0.15, 0.2) is 41.5 Å². The Morgan fingerprint density at radius 1 is 1.29 bits per heavy atom. The molecule has 1 aromatic carbocycles. The zero-order chi connectivity index (χ0) is 17.5. The van der Waals surface area contributed by atoms with Crippen LogP contribution in [0.3, 0.4) is 0 Å². The fourth-order valence-electron chi connectivity index (χ4n) is 2.23. The van der Waals surface area contributed by atoms with Gasteiger partial charge in [0, 0.05) is 24.8 Å². The van der Waals surface area contributed by atoms with Crippen molar-refractivity contribution in [3.8, 4) is 0 Å². The number of hydrogen-bond acceptors (Lipinski definition) is 5. The minimum atomic E-state index is -0.299. The maximum absolute atomic E-state index is 12.3. The highest BCUT2D eigenvalue weighted by molar-refractivity contribution is 6.00. The molecule has 0 aliphatic carbocycles. The number of hydrogen-bond donors (Lipinski definition) is 4. The maximum atomic E-state index is 12.3. The number of nitrogens with two attached hydrogens (primary N) is 1. The largest absolute Gasteiger partial charge is 0.392 e. The number of aliphatic hydroxyl groups excluding tert-OH is 1. The van der Waals surface area contributed by atoms with Crippen LogP contribution >= 0.6 is 0 Å². The Bertz CT molecular complexity index is 758. The van der Waals surface area contributed by atoms with E-state index >= 15 is 0 Å². The number of rotatable bonds is 6. The summed E-state index contributed by atoms with van der Waals surface area (Å²) >= 11 is 0. The molecule has 2 rings (SSSR count). The van der Waals surface area contributed by atoms with Gasteiger partial charge in [-0.05, 0) is 30.2 Å². The molecule has 126 valence electrons. The van der Waals surface area contributed by atoms with Crippen LogP contribution in [-0.4, -0.2) is 28.9 Å². The molecule has 0 radical (unpaired) electrons. The number of aromatic nitrogens is 1. The Morgan fingerprint density at radius 2 is 2.04 bits per heavy atom. The van der Waals surface area contributed by atoms with Crippen molar-refractivity contribution in [1.82, 2.24) is 15.7 Å². The molecule has 2 aromatic rings. The van der Waals surface area contributed by atoms with Crippen LogP contribution in [0.5, 0.6) is 0 Å². The van der Waals surface area contributed by atoms with Crippen molar-refractivity contribution in [3.63, 3.8) is 0 Å². The quantitative estimate of drug-likeness (QED) is 0.353. The van der Waals surface area contributed by atoms with Crippen molar-refractivity contribution < 1.29 is 9.90 Å². The number of aliphatic hydroxyl groups is 1. The molecule has 0 bridgehead atoms. The van der Waals surface area contributed by atoms with Gasteiger partial charge in [0.25, 0.3) is 5.91 Å². The van der Waals surface area contributed by atoms with Crippen molar-refractivity contribution in [2.24, 2.45) is 10.8 Å². The van der Waals surface area contributed by atoms with Crippen molar-refractivity contribution in [1.29, 1.82) is 0 Å². The average molecular weight is 327 g/mol. The molecule has 24 heavy (non-hydrogen) atoms. The molecule has 7 nitrogen and oxygen atoms in total. The lowest BCUT2D eigenvalue weighted by Gasteiger charge is -2.09. The van der Waals surface area contributed by atoms with Gasteiger partial charge in [0.15, 0.2) is 5.84 Å². The van der Waals surface area contributed by atoms with E-state index in [-0.39, 0.29) is 24.0 Å². The lowest BCUT2D eigenvalue weighted by atomic mass is 10.1. The Kier molecular flexibility index (Phi) is 5.86. The van der Waals surface area contributed by atoms with Gasteiger partial charge in [0.2, 0.25) is 0 Å². The van der Waals surface area contributed by atoms with Crippen LogP contribution in [-0.2, 0) is 13.2 Å². The van der Waals surface area contributed by atoms with Gasteiger partial charge in [-0.15, -0.1) is 0 Å². The number of nitrogens with one attached hydrogen (secondary N) is 2. The molecule has 0 saturated heterocycles. The molecule has 0 unspecified atom stereocenters. The molecule has 0 fully saturated rings. The minimum absolute atomic E-state index is 0.0331. The van der Waals surface area contributed by atoms with E-state index in [4.69, 9.17) is 10.8 Å². The van der Waals surface area contributed by atoms with E-state index in [9.17, 15) is 4.79 Å².